The van der Waals surface area contributed by atoms with Crippen molar-refractivity contribution in [2.75, 3.05) is 13.8 Å². The monoisotopic (exact) mass is 233 g/mol. The molecule has 0 amide bonds. The number of hydrogen-bond acceptors (Lipinski definition) is 4. The molecule has 2 rings (SSSR count). The van der Waals surface area contributed by atoms with Crippen molar-refractivity contribution in [1.29, 1.82) is 0 Å². The van der Waals surface area contributed by atoms with E-state index in [0.29, 0.717) is 23.9 Å². The summed E-state index contributed by atoms with van der Waals surface area (Å²) in [6.45, 7) is 0.377. The van der Waals surface area contributed by atoms with Crippen molar-refractivity contribution in [1.82, 2.24) is 15.3 Å². The zero-order chi connectivity index (χ0) is 12.1. The van der Waals surface area contributed by atoms with Crippen LogP contribution in [0.2, 0.25) is 0 Å². The maximum absolute atomic E-state index is 13.5. The van der Waals surface area contributed by atoms with E-state index in [0.717, 1.165) is 0 Å². The highest BCUT2D eigenvalue weighted by molar-refractivity contribution is 5.55. The molecule has 0 aliphatic rings. The molecule has 0 aliphatic heterocycles. The van der Waals surface area contributed by atoms with Crippen LogP contribution in [0, 0.1) is 5.82 Å². The number of nitrogens with one attached hydrogen (secondary N) is 1. The van der Waals surface area contributed by atoms with Crippen LogP contribution in [-0.4, -0.2) is 23.7 Å². The molecule has 4 nitrogen and oxygen atoms in total. The molecule has 1 aromatic heterocycles. The van der Waals surface area contributed by atoms with Crippen LogP contribution in [0.25, 0.3) is 11.4 Å². The SMILES string of the molecule is CNCOc1cnc(-c2ccccc2F)nc1. The lowest BCUT2D eigenvalue weighted by molar-refractivity contribution is 0.293. The van der Waals surface area contributed by atoms with Gasteiger partial charge in [-0.2, -0.15) is 0 Å². The van der Waals surface area contributed by atoms with E-state index in [1.807, 2.05) is 0 Å². The Kier molecular flexibility index (Phi) is 3.62. The first-order valence-electron chi connectivity index (χ1n) is 5.15. The average molecular weight is 233 g/mol. The van der Waals surface area contributed by atoms with E-state index >= 15 is 0 Å². The van der Waals surface area contributed by atoms with Gasteiger partial charge < -0.3 is 4.74 Å². The molecule has 2 aromatic rings. The fraction of sp³-hybridized carbons (Fsp3) is 0.167. The lowest BCUT2D eigenvalue weighted by Crippen LogP contribution is -2.14. The zero-order valence-corrected chi connectivity index (χ0v) is 9.35. The second-order valence-corrected chi connectivity index (χ2v) is 3.36. The van der Waals surface area contributed by atoms with Gasteiger partial charge in [0, 0.05) is 0 Å². The molecule has 0 spiro atoms. The lowest BCUT2D eigenvalue weighted by Gasteiger charge is -2.05. The summed E-state index contributed by atoms with van der Waals surface area (Å²) in [6.07, 6.45) is 3.04. The Bertz CT molecular complexity index is 487. The second kappa shape index (κ2) is 5.36. The molecule has 1 aromatic carbocycles. The van der Waals surface area contributed by atoms with Gasteiger partial charge in [0.05, 0.1) is 18.0 Å². The van der Waals surface area contributed by atoms with Crippen LogP contribution in [-0.2, 0) is 0 Å². The summed E-state index contributed by atoms with van der Waals surface area (Å²) in [6, 6.07) is 6.39. The van der Waals surface area contributed by atoms with Crippen molar-refractivity contribution >= 4 is 0 Å². The van der Waals surface area contributed by atoms with Gasteiger partial charge in [0.2, 0.25) is 0 Å². The van der Waals surface area contributed by atoms with Gasteiger partial charge in [-0.15, -0.1) is 0 Å². The number of aromatic nitrogens is 2. The van der Waals surface area contributed by atoms with Crippen molar-refractivity contribution in [2.45, 2.75) is 0 Å². The Labute approximate surface area is 98.5 Å². The van der Waals surface area contributed by atoms with Crippen molar-refractivity contribution in [3.8, 4) is 17.1 Å². The van der Waals surface area contributed by atoms with E-state index < -0.39 is 0 Å². The van der Waals surface area contributed by atoms with Crippen LogP contribution in [0.1, 0.15) is 0 Å². The third-order valence-corrected chi connectivity index (χ3v) is 2.13. The van der Waals surface area contributed by atoms with Crippen LogP contribution in [0.15, 0.2) is 36.7 Å². The van der Waals surface area contributed by atoms with Crippen molar-refractivity contribution in [3.63, 3.8) is 0 Å². The number of hydrogen-bond donors (Lipinski definition) is 1. The number of benzene rings is 1. The van der Waals surface area contributed by atoms with Crippen molar-refractivity contribution in [2.24, 2.45) is 0 Å². The van der Waals surface area contributed by atoms with Gasteiger partial charge in [-0.1, -0.05) is 12.1 Å². The van der Waals surface area contributed by atoms with E-state index in [1.165, 1.54) is 18.5 Å². The lowest BCUT2D eigenvalue weighted by atomic mass is 10.2. The first kappa shape index (κ1) is 11.5. The Balaban J connectivity index is 2.21. The molecular formula is C12H12FN3O. The highest BCUT2D eigenvalue weighted by Crippen LogP contribution is 2.19. The minimum absolute atomic E-state index is 0.337. The number of rotatable bonds is 4. The van der Waals surface area contributed by atoms with Crippen LogP contribution < -0.4 is 10.1 Å². The summed E-state index contributed by atoms with van der Waals surface area (Å²) < 4.78 is 18.7. The smallest absolute Gasteiger partial charge is 0.162 e. The minimum Gasteiger partial charge on any atom is -0.475 e. The van der Waals surface area contributed by atoms with Gasteiger partial charge in [0.25, 0.3) is 0 Å². The standard InChI is InChI=1S/C12H12FN3O/c1-14-8-17-9-6-15-12(16-7-9)10-4-2-3-5-11(10)13/h2-7,14H,8H2,1H3. The highest BCUT2D eigenvalue weighted by atomic mass is 19.1. The van der Waals surface area contributed by atoms with Gasteiger partial charge in [-0.25, -0.2) is 14.4 Å². The molecule has 1 heterocycles. The van der Waals surface area contributed by atoms with Gasteiger partial charge >= 0.3 is 0 Å². The molecule has 88 valence electrons. The number of halogens is 1. The quantitative estimate of drug-likeness (QED) is 0.818. The van der Waals surface area contributed by atoms with Gasteiger partial charge in [0.15, 0.2) is 11.6 Å². The molecule has 5 heteroatoms. The van der Waals surface area contributed by atoms with Crippen LogP contribution in [0.5, 0.6) is 5.75 Å². The van der Waals surface area contributed by atoms with Gasteiger partial charge in [0.1, 0.15) is 12.5 Å². The largest absolute Gasteiger partial charge is 0.475 e. The van der Waals surface area contributed by atoms with Gasteiger partial charge in [-0.3, -0.25) is 5.32 Å². The van der Waals surface area contributed by atoms with Gasteiger partial charge in [-0.05, 0) is 19.2 Å². The first-order valence-corrected chi connectivity index (χ1v) is 5.15. The Morgan fingerprint density at radius 1 is 1.24 bits per heavy atom. The minimum atomic E-state index is -0.337. The Hall–Kier alpha value is -2.01. The molecule has 1 N–H and O–H groups in total. The summed E-state index contributed by atoms with van der Waals surface area (Å²) in [4.78, 5) is 8.12. The molecule has 0 bridgehead atoms. The number of nitrogens with zero attached hydrogens (tertiary/aromatic N) is 2. The molecule has 0 radical (unpaired) electrons. The van der Waals surface area contributed by atoms with Crippen LogP contribution in [0.3, 0.4) is 0 Å². The summed E-state index contributed by atoms with van der Waals surface area (Å²) in [5.74, 6) is 0.552. The van der Waals surface area contributed by atoms with Crippen LogP contribution >= 0.6 is 0 Å². The maximum atomic E-state index is 13.5. The Morgan fingerprint density at radius 3 is 2.59 bits per heavy atom. The van der Waals surface area contributed by atoms with Crippen molar-refractivity contribution in [3.05, 3.63) is 42.5 Å². The highest BCUT2D eigenvalue weighted by Gasteiger charge is 2.06. The zero-order valence-electron chi connectivity index (χ0n) is 9.35. The molecule has 0 unspecified atom stereocenters. The second-order valence-electron chi connectivity index (χ2n) is 3.36. The molecular weight excluding hydrogens is 221 g/mol. The summed E-state index contributed by atoms with van der Waals surface area (Å²) in [5.41, 5.74) is 0.382. The summed E-state index contributed by atoms with van der Waals surface area (Å²) in [7, 11) is 1.77. The number of ether oxygens (including phenoxy) is 1. The van der Waals surface area contributed by atoms with Crippen LogP contribution in [0.4, 0.5) is 4.39 Å². The third-order valence-electron chi connectivity index (χ3n) is 2.13. The average Bonchev–Trinajstić information content (AvgIpc) is 2.38. The van der Waals surface area contributed by atoms with E-state index in [9.17, 15) is 4.39 Å². The molecule has 0 fully saturated rings. The molecule has 0 atom stereocenters. The fourth-order valence-electron chi connectivity index (χ4n) is 1.33. The maximum Gasteiger partial charge on any atom is 0.162 e. The molecule has 0 aliphatic carbocycles. The van der Waals surface area contributed by atoms with E-state index in [2.05, 4.69) is 15.3 Å². The third kappa shape index (κ3) is 2.76. The van der Waals surface area contributed by atoms with E-state index in [4.69, 9.17) is 4.74 Å². The fourth-order valence-corrected chi connectivity index (χ4v) is 1.33. The predicted molar refractivity (Wildman–Crippen MR) is 62.0 cm³/mol. The Morgan fingerprint density at radius 2 is 1.94 bits per heavy atom. The van der Waals surface area contributed by atoms with E-state index in [-0.39, 0.29) is 5.82 Å². The molecule has 17 heavy (non-hydrogen) atoms. The molecule has 0 saturated heterocycles. The molecule has 0 saturated carbocycles. The predicted octanol–water partition coefficient (Wildman–Crippen LogP) is 1.84. The van der Waals surface area contributed by atoms with Crippen molar-refractivity contribution < 1.29 is 9.13 Å². The first-order chi connectivity index (χ1) is 8.31. The summed E-state index contributed by atoms with van der Waals surface area (Å²) >= 11 is 0. The summed E-state index contributed by atoms with van der Waals surface area (Å²) in [5, 5.41) is 2.83. The van der Waals surface area contributed by atoms with E-state index in [1.54, 1.807) is 25.2 Å². The normalized spacial score (nSPS) is 10.2. The topological polar surface area (TPSA) is 47.0 Å².